The summed E-state index contributed by atoms with van der Waals surface area (Å²) < 4.78 is 4.98. The number of aliphatic carboxylic acids is 1. The summed E-state index contributed by atoms with van der Waals surface area (Å²) in [6, 6.07) is 3.13. The highest BCUT2D eigenvalue weighted by atomic mass is 35.5. The van der Waals surface area contributed by atoms with E-state index in [0.29, 0.717) is 21.4 Å². The molecule has 0 aromatic heterocycles. The number of carboxylic acids is 1. The molecule has 1 rings (SSSR count). The van der Waals surface area contributed by atoms with Crippen LogP contribution in [-0.2, 0) is 11.2 Å². The van der Waals surface area contributed by atoms with Gasteiger partial charge in [-0.2, -0.15) is 0 Å². The van der Waals surface area contributed by atoms with Gasteiger partial charge in [0, 0.05) is 23.1 Å². The molecule has 1 N–H and O–H groups in total. The first-order valence-corrected chi connectivity index (χ1v) is 5.14. The van der Waals surface area contributed by atoms with E-state index < -0.39 is 5.97 Å². The molecule has 0 aliphatic heterocycles. The lowest BCUT2D eigenvalue weighted by molar-refractivity contribution is -0.132. The zero-order valence-electron chi connectivity index (χ0n) is 8.59. The summed E-state index contributed by atoms with van der Waals surface area (Å²) in [5.41, 5.74) is 0.669. The van der Waals surface area contributed by atoms with E-state index in [1.165, 1.54) is 7.11 Å². The number of carbonyl (C=O) groups is 1. The summed E-state index contributed by atoms with van der Waals surface area (Å²) in [7, 11) is 1.48. The van der Waals surface area contributed by atoms with E-state index in [0.717, 1.165) is 0 Å². The molecular weight excluding hydrogens is 251 g/mol. The molecule has 0 aliphatic rings. The van der Waals surface area contributed by atoms with Crippen LogP contribution in [0.3, 0.4) is 0 Å². The fourth-order valence-corrected chi connectivity index (χ4v) is 1.65. The molecule has 0 saturated carbocycles. The maximum absolute atomic E-state index is 10.6. The van der Waals surface area contributed by atoms with E-state index in [2.05, 4.69) is 6.58 Å². The van der Waals surface area contributed by atoms with Crippen LogP contribution in [0, 0.1) is 0 Å². The van der Waals surface area contributed by atoms with Gasteiger partial charge in [0.05, 0.1) is 12.1 Å². The SMILES string of the molecule is C=C(Cc1cc(Cl)c(OC)cc1Cl)C(=O)O. The molecule has 0 radical (unpaired) electrons. The van der Waals surface area contributed by atoms with Gasteiger partial charge in [0.2, 0.25) is 0 Å². The number of ether oxygens (including phenoxy) is 1. The lowest BCUT2D eigenvalue weighted by Gasteiger charge is -2.08. The predicted molar refractivity (Wildman–Crippen MR) is 63.5 cm³/mol. The van der Waals surface area contributed by atoms with Crippen LogP contribution in [-0.4, -0.2) is 18.2 Å². The molecule has 0 fully saturated rings. The molecule has 16 heavy (non-hydrogen) atoms. The lowest BCUT2D eigenvalue weighted by Crippen LogP contribution is -2.02. The molecule has 0 aliphatic carbocycles. The monoisotopic (exact) mass is 260 g/mol. The highest BCUT2D eigenvalue weighted by Gasteiger charge is 2.11. The molecule has 0 unspecified atom stereocenters. The van der Waals surface area contributed by atoms with Crippen LogP contribution in [0.5, 0.6) is 5.75 Å². The van der Waals surface area contributed by atoms with Gasteiger partial charge in [-0.1, -0.05) is 29.8 Å². The Balaban J connectivity index is 3.02. The van der Waals surface area contributed by atoms with E-state index in [9.17, 15) is 4.79 Å². The van der Waals surface area contributed by atoms with Crippen molar-refractivity contribution in [3.05, 3.63) is 39.9 Å². The van der Waals surface area contributed by atoms with Crippen LogP contribution in [0.15, 0.2) is 24.3 Å². The molecule has 1 aromatic rings. The number of rotatable bonds is 4. The summed E-state index contributed by atoms with van der Waals surface area (Å²) in [6.07, 6.45) is 0.151. The molecule has 0 amide bonds. The maximum atomic E-state index is 10.6. The largest absolute Gasteiger partial charge is 0.495 e. The van der Waals surface area contributed by atoms with E-state index >= 15 is 0 Å². The summed E-state index contributed by atoms with van der Waals surface area (Å²) in [5, 5.41) is 9.50. The molecule has 0 bridgehead atoms. The van der Waals surface area contributed by atoms with E-state index in [4.69, 9.17) is 33.0 Å². The molecule has 1 aromatic carbocycles. The molecule has 3 nitrogen and oxygen atoms in total. The van der Waals surface area contributed by atoms with Gasteiger partial charge >= 0.3 is 5.97 Å². The molecular formula is C11H10Cl2O3. The topological polar surface area (TPSA) is 46.5 Å². The number of benzene rings is 1. The van der Waals surface area contributed by atoms with Crippen molar-refractivity contribution in [1.29, 1.82) is 0 Å². The highest BCUT2D eigenvalue weighted by molar-refractivity contribution is 6.34. The molecule has 0 atom stereocenters. The third-order valence-corrected chi connectivity index (χ3v) is 2.67. The Bertz CT molecular complexity index is 441. The second-order valence-electron chi connectivity index (χ2n) is 3.16. The summed E-state index contributed by atoms with van der Waals surface area (Å²) in [4.78, 5) is 10.6. The second-order valence-corrected chi connectivity index (χ2v) is 3.98. The zero-order valence-corrected chi connectivity index (χ0v) is 10.1. The quantitative estimate of drug-likeness (QED) is 0.846. The Morgan fingerprint density at radius 3 is 2.56 bits per heavy atom. The van der Waals surface area contributed by atoms with Crippen LogP contribution >= 0.6 is 23.2 Å². The average molecular weight is 261 g/mol. The Hall–Kier alpha value is -1.19. The number of halogens is 2. The normalized spacial score (nSPS) is 9.94. The Morgan fingerprint density at radius 1 is 1.44 bits per heavy atom. The van der Waals surface area contributed by atoms with Gasteiger partial charge < -0.3 is 9.84 Å². The van der Waals surface area contributed by atoms with Gasteiger partial charge in [0.15, 0.2) is 0 Å². The molecule has 0 saturated heterocycles. The average Bonchev–Trinajstić information content (AvgIpc) is 2.22. The van der Waals surface area contributed by atoms with Crippen molar-refractivity contribution in [2.45, 2.75) is 6.42 Å². The third-order valence-electron chi connectivity index (χ3n) is 2.03. The first-order valence-electron chi connectivity index (χ1n) is 4.38. The third kappa shape index (κ3) is 2.90. The van der Waals surface area contributed by atoms with Crippen molar-refractivity contribution >= 4 is 29.2 Å². The fraction of sp³-hybridized carbons (Fsp3) is 0.182. The Morgan fingerprint density at radius 2 is 2.06 bits per heavy atom. The van der Waals surface area contributed by atoms with Gasteiger partial charge in [-0.25, -0.2) is 4.79 Å². The molecule has 86 valence electrons. The minimum atomic E-state index is -1.05. The standard InChI is InChI=1S/C11H10Cl2O3/c1-6(11(14)15)3-7-4-9(13)10(16-2)5-8(7)12/h4-5H,1,3H2,2H3,(H,14,15). The highest BCUT2D eigenvalue weighted by Crippen LogP contribution is 2.31. The first kappa shape index (κ1) is 12.9. The minimum absolute atomic E-state index is 0.0585. The summed E-state index contributed by atoms with van der Waals surface area (Å²) in [5.74, 6) is -0.598. The number of methoxy groups -OCH3 is 1. The second kappa shape index (κ2) is 5.23. The lowest BCUT2D eigenvalue weighted by atomic mass is 10.1. The Kier molecular flexibility index (Phi) is 4.21. The number of hydrogen-bond donors (Lipinski definition) is 1. The zero-order chi connectivity index (χ0) is 12.3. The van der Waals surface area contributed by atoms with Gasteiger partial charge in [-0.05, 0) is 11.6 Å². The van der Waals surface area contributed by atoms with Gasteiger partial charge in [0.25, 0.3) is 0 Å². The van der Waals surface area contributed by atoms with E-state index in [1.54, 1.807) is 12.1 Å². The maximum Gasteiger partial charge on any atom is 0.331 e. The van der Waals surface area contributed by atoms with Crippen LogP contribution in [0.25, 0.3) is 0 Å². The van der Waals surface area contributed by atoms with Crippen molar-refractivity contribution in [3.63, 3.8) is 0 Å². The van der Waals surface area contributed by atoms with Gasteiger partial charge in [-0.15, -0.1) is 0 Å². The Labute approximate surface area is 103 Å². The number of carboxylic acid groups (broad SMARTS) is 1. The van der Waals surface area contributed by atoms with Crippen molar-refractivity contribution in [2.24, 2.45) is 0 Å². The molecule has 0 spiro atoms. The fourth-order valence-electron chi connectivity index (χ4n) is 1.17. The molecule has 5 heteroatoms. The van der Waals surface area contributed by atoms with Gasteiger partial charge in [-0.3, -0.25) is 0 Å². The van der Waals surface area contributed by atoms with Gasteiger partial charge in [0.1, 0.15) is 5.75 Å². The van der Waals surface area contributed by atoms with Crippen LogP contribution in [0.1, 0.15) is 5.56 Å². The first-order chi connectivity index (χ1) is 7.45. The smallest absolute Gasteiger partial charge is 0.331 e. The summed E-state index contributed by atoms with van der Waals surface area (Å²) >= 11 is 11.9. The summed E-state index contributed by atoms with van der Waals surface area (Å²) in [6.45, 7) is 3.43. The number of hydrogen-bond acceptors (Lipinski definition) is 2. The predicted octanol–water partition coefficient (Wildman–Crippen LogP) is 3.19. The van der Waals surface area contributed by atoms with E-state index in [-0.39, 0.29) is 12.0 Å². The van der Waals surface area contributed by atoms with Crippen molar-refractivity contribution in [2.75, 3.05) is 7.11 Å². The van der Waals surface area contributed by atoms with E-state index in [1.807, 2.05) is 0 Å². The van der Waals surface area contributed by atoms with Crippen LogP contribution < -0.4 is 4.74 Å². The van der Waals surface area contributed by atoms with Crippen molar-refractivity contribution in [3.8, 4) is 5.75 Å². The molecule has 0 heterocycles. The van der Waals surface area contributed by atoms with Crippen molar-refractivity contribution in [1.82, 2.24) is 0 Å². The van der Waals surface area contributed by atoms with Crippen LogP contribution in [0.4, 0.5) is 0 Å². The minimum Gasteiger partial charge on any atom is -0.495 e. The van der Waals surface area contributed by atoms with Crippen LogP contribution in [0.2, 0.25) is 10.0 Å². The van der Waals surface area contributed by atoms with Crippen molar-refractivity contribution < 1.29 is 14.6 Å².